The molecule has 4 rings (SSSR count). The van der Waals surface area contributed by atoms with E-state index in [1.54, 1.807) is 30.3 Å². The molecule has 0 bridgehead atoms. The fourth-order valence-electron chi connectivity index (χ4n) is 3.67. The lowest BCUT2D eigenvalue weighted by atomic mass is 10.0. The summed E-state index contributed by atoms with van der Waals surface area (Å²) in [5.41, 5.74) is 2.46. The van der Waals surface area contributed by atoms with Crippen LogP contribution in [-0.2, 0) is 11.3 Å². The van der Waals surface area contributed by atoms with Crippen LogP contribution in [0.25, 0.3) is 11.4 Å². The monoisotopic (exact) mass is 496 g/mol. The zero-order valence-corrected chi connectivity index (χ0v) is 20.3. The molecule has 2 aromatic carbocycles. The third-order valence-corrected chi connectivity index (χ3v) is 6.59. The molecule has 1 aliphatic rings. The highest BCUT2D eigenvalue weighted by Gasteiger charge is 2.19. The molecule has 3 aromatic rings. The summed E-state index contributed by atoms with van der Waals surface area (Å²) in [6.45, 7) is 0.641. The summed E-state index contributed by atoms with van der Waals surface area (Å²) in [6, 6.07) is 12.1. The quantitative estimate of drug-likeness (QED) is 0.369. The lowest BCUT2D eigenvalue weighted by molar-refractivity contribution is -0.113. The van der Waals surface area contributed by atoms with E-state index in [4.69, 9.17) is 16.3 Å². The summed E-state index contributed by atoms with van der Waals surface area (Å²) in [4.78, 5) is 12.7. The molecule has 0 saturated heterocycles. The van der Waals surface area contributed by atoms with Gasteiger partial charge in [0.15, 0.2) is 11.0 Å². The number of ether oxygens (including phenoxy) is 1. The molecule has 2 N–H and O–H groups in total. The number of allylic oxidation sites excluding steroid dienone is 4. The normalized spacial score (nSPS) is 12.9. The maximum Gasteiger partial charge on any atom is 0.234 e. The Balaban J connectivity index is 1.52. The molecule has 34 heavy (non-hydrogen) atoms. The van der Waals surface area contributed by atoms with E-state index in [0.29, 0.717) is 39.5 Å². The predicted molar refractivity (Wildman–Crippen MR) is 136 cm³/mol. The van der Waals surface area contributed by atoms with Crippen molar-refractivity contribution in [3.05, 3.63) is 71.3 Å². The van der Waals surface area contributed by atoms with E-state index in [-0.39, 0.29) is 17.4 Å². The van der Waals surface area contributed by atoms with E-state index < -0.39 is 0 Å². The minimum absolute atomic E-state index is 0.125. The maximum absolute atomic E-state index is 12.7. The molecule has 9 heteroatoms. The molecule has 0 spiro atoms. The third-order valence-electron chi connectivity index (χ3n) is 5.39. The molecule has 7 nitrogen and oxygen atoms in total. The van der Waals surface area contributed by atoms with E-state index in [0.717, 1.165) is 19.3 Å². The Labute approximate surface area is 207 Å². The first-order valence-electron chi connectivity index (χ1n) is 10.9. The Morgan fingerprint density at radius 3 is 2.88 bits per heavy atom. The first-order valence-corrected chi connectivity index (χ1v) is 12.2. The van der Waals surface area contributed by atoms with Crippen molar-refractivity contribution >= 4 is 35.0 Å². The number of phenolic OH excluding ortho intramolecular Hbond substituents is 1. The van der Waals surface area contributed by atoms with Crippen LogP contribution in [0, 0.1) is 0 Å². The summed E-state index contributed by atoms with van der Waals surface area (Å²) in [5.74, 6) is 1.15. The van der Waals surface area contributed by atoms with Crippen LogP contribution in [0.5, 0.6) is 11.5 Å². The zero-order chi connectivity index (χ0) is 23.9. The molecule has 1 aliphatic carbocycles. The van der Waals surface area contributed by atoms with Gasteiger partial charge in [-0.25, -0.2) is 0 Å². The molecule has 1 amide bonds. The number of nitrogens with zero attached hydrogens (tertiary/aromatic N) is 3. The van der Waals surface area contributed by atoms with Gasteiger partial charge in [0.05, 0.1) is 24.1 Å². The summed E-state index contributed by atoms with van der Waals surface area (Å²) >= 11 is 7.35. The molecule has 176 valence electrons. The molecule has 0 aliphatic heterocycles. The number of phenols is 1. The first-order chi connectivity index (χ1) is 16.5. The fourth-order valence-corrected chi connectivity index (χ4v) is 4.61. The van der Waals surface area contributed by atoms with E-state index in [2.05, 4.69) is 33.7 Å². The Morgan fingerprint density at radius 2 is 2.12 bits per heavy atom. The summed E-state index contributed by atoms with van der Waals surface area (Å²) in [7, 11) is 1.54. The molecule has 1 heterocycles. The Bertz CT molecular complexity index is 1240. The second-order valence-corrected chi connectivity index (χ2v) is 9.08. The average Bonchev–Trinajstić information content (AvgIpc) is 3.25. The number of halogens is 1. The van der Waals surface area contributed by atoms with E-state index >= 15 is 0 Å². The van der Waals surface area contributed by atoms with Crippen LogP contribution < -0.4 is 10.1 Å². The number of aromatic hydroxyl groups is 1. The number of benzene rings is 2. The number of nitrogens with one attached hydrogen (secondary N) is 1. The van der Waals surface area contributed by atoms with Gasteiger partial charge in [-0.1, -0.05) is 59.3 Å². The average molecular weight is 497 g/mol. The number of rotatable bonds is 9. The van der Waals surface area contributed by atoms with Crippen molar-refractivity contribution in [3.8, 4) is 22.9 Å². The van der Waals surface area contributed by atoms with Crippen LogP contribution in [0.2, 0.25) is 5.02 Å². The van der Waals surface area contributed by atoms with E-state index in [9.17, 15) is 9.90 Å². The van der Waals surface area contributed by atoms with Crippen LogP contribution in [0.1, 0.15) is 19.3 Å². The largest absolute Gasteiger partial charge is 0.507 e. The molecule has 0 radical (unpaired) electrons. The van der Waals surface area contributed by atoms with E-state index in [1.165, 1.54) is 24.4 Å². The minimum Gasteiger partial charge on any atom is -0.507 e. The summed E-state index contributed by atoms with van der Waals surface area (Å²) < 4.78 is 7.26. The zero-order valence-electron chi connectivity index (χ0n) is 18.7. The number of amides is 1. The van der Waals surface area contributed by atoms with Crippen LogP contribution in [0.4, 0.5) is 5.69 Å². The van der Waals surface area contributed by atoms with Crippen molar-refractivity contribution in [3.63, 3.8) is 0 Å². The number of thioether (sulfide) groups is 1. The smallest absolute Gasteiger partial charge is 0.234 e. The molecule has 1 aromatic heterocycles. The number of para-hydroxylation sites is 1. The number of aromatic nitrogens is 3. The van der Waals surface area contributed by atoms with Gasteiger partial charge >= 0.3 is 0 Å². The van der Waals surface area contributed by atoms with Crippen LogP contribution in [0.15, 0.2) is 71.4 Å². The highest BCUT2D eigenvalue weighted by Crippen LogP contribution is 2.32. The van der Waals surface area contributed by atoms with Gasteiger partial charge in [-0.2, -0.15) is 0 Å². The van der Waals surface area contributed by atoms with Gasteiger partial charge in [-0.3, -0.25) is 4.79 Å². The standard InChI is InChI=1S/C25H25ClN4O3S/c1-33-22-12-11-18(26)15-20(22)27-23(32)16-34-25-29-28-24(19-9-5-6-10-21(19)31)30(25)14-13-17-7-3-2-4-8-17/h2-3,5-7,9-12,15,31H,4,8,13-14,16H2,1H3,(H,27,32). The number of carbonyl (C=O) groups excluding carboxylic acids is 1. The lowest BCUT2D eigenvalue weighted by Gasteiger charge is -2.14. The lowest BCUT2D eigenvalue weighted by Crippen LogP contribution is -2.15. The van der Waals surface area contributed by atoms with Gasteiger partial charge in [-0.15, -0.1) is 10.2 Å². The van der Waals surface area contributed by atoms with Gasteiger partial charge in [0.2, 0.25) is 5.91 Å². The van der Waals surface area contributed by atoms with Gasteiger partial charge < -0.3 is 19.7 Å². The Kier molecular flexibility index (Phi) is 7.92. The number of methoxy groups -OCH3 is 1. The maximum atomic E-state index is 12.7. The van der Waals surface area contributed by atoms with Crippen LogP contribution in [-0.4, -0.2) is 38.6 Å². The highest BCUT2D eigenvalue weighted by molar-refractivity contribution is 7.99. The van der Waals surface area contributed by atoms with Crippen LogP contribution >= 0.6 is 23.4 Å². The number of anilines is 1. The summed E-state index contributed by atoms with van der Waals surface area (Å²) in [5, 5.41) is 23.0. The second-order valence-electron chi connectivity index (χ2n) is 7.70. The predicted octanol–water partition coefficient (Wildman–Crippen LogP) is 5.71. The molecular weight excluding hydrogens is 472 g/mol. The SMILES string of the molecule is COc1ccc(Cl)cc1NC(=O)CSc1nnc(-c2ccccc2O)n1CCC1=CC=CCC1. The fraction of sp³-hybridized carbons (Fsp3) is 0.240. The van der Waals surface area contributed by atoms with Crippen molar-refractivity contribution in [1.29, 1.82) is 0 Å². The number of carbonyl (C=O) groups is 1. The topological polar surface area (TPSA) is 89.3 Å². The van der Waals surface area contributed by atoms with Gasteiger partial charge in [0.25, 0.3) is 0 Å². The Hall–Kier alpha value is -3.23. The summed E-state index contributed by atoms with van der Waals surface area (Å²) in [6.07, 6.45) is 9.28. The molecule has 0 saturated carbocycles. The van der Waals surface area contributed by atoms with Gasteiger partial charge in [0, 0.05) is 11.6 Å². The number of hydrogen-bond donors (Lipinski definition) is 2. The van der Waals surface area contributed by atoms with Crippen molar-refractivity contribution < 1.29 is 14.6 Å². The third kappa shape index (κ3) is 5.81. The van der Waals surface area contributed by atoms with Crippen LogP contribution in [0.3, 0.4) is 0 Å². The Morgan fingerprint density at radius 1 is 1.26 bits per heavy atom. The number of hydrogen-bond acceptors (Lipinski definition) is 6. The molecule has 0 fully saturated rings. The molecule has 0 unspecified atom stereocenters. The highest BCUT2D eigenvalue weighted by atomic mass is 35.5. The van der Waals surface area contributed by atoms with Gasteiger partial charge in [-0.05, 0) is 49.6 Å². The second kappa shape index (κ2) is 11.3. The minimum atomic E-state index is -0.218. The first kappa shape index (κ1) is 23.9. The van der Waals surface area contributed by atoms with Crippen molar-refractivity contribution in [1.82, 2.24) is 14.8 Å². The van der Waals surface area contributed by atoms with E-state index in [1.807, 2.05) is 16.7 Å². The molecule has 0 atom stereocenters. The van der Waals surface area contributed by atoms with Crippen molar-refractivity contribution in [2.75, 3.05) is 18.2 Å². The van der Waals surface area contributed by atoms with Crippen molar-refractivity contribution in [2.45, 2.75) is 31.0 Å². The molecular formula is C25H25ClN4O3S. The van der Waals surface area contributed by atoms with Crippen molar-refractivity contribution in [2.24, 2.45) is 0 Å². The van der Waals surface area contributed by atoms with Gasteiger partial charge in [0.1, 0.15) is 11.5 Å².